The van der Waals surface area contributed by atoms with Gasteiger partial charge in [-0.05, 0) is 17.7 Å². The van der Waals surface area contributed by atoms with E-state index in [-0.39, 0.29) is 5.97 Å². The van der Waals surface area contributed by atoms with E-state index < -0.39 is 12.1 Å². The molecule has 2 amide bonds. The van der Waals surface area contributed by atoms with Crippen LogP contribution in [0.15, 0.2) is 65.8 Å². The second-order valence-corrected chi connectivity index (χ2v) is 5.51. The smallest absolute Gasteiger partial charge is 0.339 e. The number of cyclic esters (lactones) is 1. The normalized spacial score (nSPS) is 16.6. The molecule has 0 saturated heterocycles. The van der Waals surface area contributed by atoms with E-state index in [0.717, 1.165) is 11.1 Å². The van der Waals surface area contributed by atoms with Gasteiger partial charge in [0.05, 0.1) is 11.3 Å². The second-order valence-electron chi connectivity index (χ2n) is 5.51. The molecule has 0 radical (unpaired) electrons. The summed E-state index contributed by atoms with van der Waals surface area (Å²) in [5.74, 6) is -0.352. The van der Waals surface area contributed by atoms with Gasteiger partial charge in [0.25, 0.3) is 0 Å². The van der Waals surface area contributed by atoms with Crippen molar-refractivity contribution in [1.29, 1.82) is 0 Å². The van der Waals surface area contributed by atoms with Crippen molar-refractivity contribution in [3.8, 4) is 0 Å². The summed E-state index contributed by atoms with van der Waals surface area (Å²) in [5.41, 5.74) is 10.2. The lowest BCUT2D eigenvalue weighted by Gasteiger charge is -2.10. The van der Waals surface area contributed by atoms with Crippen molar-refractivity contribution >= 4 is 23.8 Å². The Kier molecular flexibility index (Phi) is 4.89. The fraction of sp³-hybridized carbons (Fsp3) is 0.105. The average Bonchev–Trinajstić information content (AvgIpc) is 2.94. The Labute approximate surface area is 145 Å². The number of hydrogen-bond acceptors (Lipinski definition) is 4. The standard InChI is InChI=1S/C19H17N3O3/c20-19(24)22-21-14(11-10-13-6-2-1-3-7-13)12-17-15-8-4-5-9-16(15)18(23)25-17/h1-11,17H,12H2,(H3,20,22,24)/b11-10+,21-14+/t17-/m1/s1. The molecule has 1 aliphatic heterocycles. The molecule has 1 heterocycles. The van der Waals surface area contributed by atoms with Gasteiger partial charge in [0.1, 0.15) is 6.10 Å². The maximum Gasteiger partial charge on any atom is 0.339 e. The fourth-order valence-corrected chi connectivity index (χ4v) is 2.60. The number of primary amides is 1. The second kappa shape index (κ2) is 7.44. The highest BCUT2D eigenvalue weighted by Gasteiger charge is 2.31. The number of esters is 1. The number of hydrazone groups is 1. The number of benzene rings is 2. The summed E-state index contributed by atoms with van der Waals surface area (Å²) in [6.45, 7) is 0. The Morgan fingerprint density at radius 1 is 1.16 bits per heavy atom. The largest absolute Gasteiger partial charge is 0.453 e. The number of fused-ring (bicyclic) bond motifs is 1. The SMILES string of the molecule is NC(=O)N/N=C(\C=C\c1ccccc1)C[C@H]1OC(=O)c2ccccc21. The quantitative estimate of drug-likeness (QED) is 0.499. The van der Waals surface area contributed by atoms with E-state index in [1.807, 2.05) is 48.5 Å². The van der Waals surface area contributed by atoms with Gasteiger partial charge in [0.2, 0.25) is 0 Å². The van der Waals surface area contributed by atoms with Crippen LogP contribution in [-0.4, -0.2) is 17.7 Å². The van der Waals surface area contributed by atoms with Crippen LogP contribution in [0.4, 0.5) is 4.79 Å². The zero-order chi connectivity index (χ0) is 17.6. The summed E-state index contributed by atoms with van der Waals surface area (Å²) in [6, 6.07) is 16.1. The third-order valence-electron chi connectivity index (χ3n) is 3.75. The first-order chi connectivity index (χ1) is 12.1. The molecule has 6 heteroatoms. The summed E-state index contributed by atoms with van der Waals surface area (Å²) in [7, 11) is 0. The van der Waals surface area contributed by atoms with Gasteiger partial charge in [0.15, 0.2) is 0 Å². The lowest BCUT2D eigenvalue weighted by atomic mass is 10.0. The van der Waals surface area contributed by atoms with E-state index in [2.05, 4.69) is 10.5 Å². The summed E-state index contributed by atoms with van der Waals surface area (Å²) in [4.78, 5) is 22.9. The van der Waals surface area contributed by atoms with Crippen LogP contribution in [0.25, 0.3) is 6.08 Å². The van der Waals surface area contributed by atoms with Crippen molar-refractivity contribution in [2.75, 3.05) is 0 Å². The van der Waals surface area contributed by atoms with Gasteiger partial charge in [-0.25, -0.2) is 15.0 Å². The molecule has 2 aromatic carbocycles. The molecule has 3 rings (SSSR count). The summed E-state index contributed by atoms with van der Waals surface area (Å²) < 4.78 is 5.42. The zero-order valence-corrected chi connectivity index (χ0v) is 13.4. The number of hydrogen-bond donors (Lipinski definition) is 2. The minimum Gasteiger partial charge on any atom is -0.453 e. The Balaban J connectivity index is 1.81. The van der Waals surface area contributed by atoms with Crippen molar-refractivity contribution in [2.45, 2.75) is 12.5 Å². The van der Waals surface area contributed by atoms with Crippen LogP contribution in [0.2, 0.25) is 0 Å². The molecule has 0 aromatic heterocycles. The molecule has 1 aliphatic rings. The van der Waals surface area contributed by atoms with Crippen molar-refractivity contribution < 1.29 is 14.3 Å². The molecular weight excluding hydrogens is 318 g/mol. The van der Waals surface area contributed by atoms with Gasteiger partial charge >= 0.3 is 12.0 Å². The highest BCUT2D eigenvalue weighted by Crippen LogP contribution is 2.33. The zero-order valence-electron chi connectivity index (χ0n) is 13.4. The topological polar surface area (TPSA) is 93.8 Å². The van der Waals surface area contributed by atoms with E-state index in [1.165, 1.54) is 0 Å². The number of nitrogens with one attached hydrogen (secondary N) is 1. The highest BCUT2D eigenvalue weighted by molar-refractivity contribution is 6.00. The molecule has 0 saturated carbocycles. The Hall–Kier alpha value is -3.41. The van der Waals surface area contributed by atoms with Gasteiger partial charge in [-0.2, -0.15) is 5.10 Å². The monoisotopic (exact) mass is 335 g/mol. The number of ether oxygens (including phenoxy) is 1. The van der Waals surface area contributed by atoms with Crippen molar-refractivity contribution in [1.82, 2.24) is 5.43 Å². The average molecular weight is 335 g/mol. The van der Waals surface area contributed by atoms with E-state index in [0.29, 0.717) is 17.7 Å². The Morgan fingerprint density at radius 2 is 1.88 bits per heavy atom. The molecule has 0 unspecified atom stereocenters. The van der Waals surface area contributed by atoms with Crippen LogP contribution < -0.4 is 11.2 Å². The molecule has 2 aromatic rings. The molecule has 25 heavy (non-hydrogen) atoms. The van der Waals surface area contributed by atoms with Crippen LogP contribution in [0.1, 0.15) is 34.0 Å². The van der Waals surface area contributed by atoms with Gasteiger partial charge < -0.3 is 10.5 Å². The minimum absolute atomic E-state index is 0.326. The lowest BCUT2D eigenvalue weighted by Crippen LogP contribution is -2.25. The molecular formula is C19H17N3O3. The first kappa shape index (κ1) is 16.4. The number of carbonyl (C=O) groups excluding carboxylic acids is 2. The molecule has 0 spiro atoms. The Bertz CT molecular complexity index is 844. The summed E-state index contributed by atoms with van der Waals surface area (Å²) >= 11 is 0. The lowest BCUT2D eigenvalue weighted by molar-refractivity contribution is 0.0400. The predicted octanol–water partition coefficient (Wildman–Crippen LogP) is 3.03. The third kappa shape index (κ3) is 4.11. The van der Waals surface area contributed by atoms with E-state index in [4.69, 9.17) is 10.5 Å². The van der Waals surface area contributed by atoms with Crippen molar-refractivity contribution in [2.24, 2.45) is 10.8 Å². The van der Waals surface area contributed by atoms with E-state index >= 15 is 0 Å². The van der Waals surface area contributed by atoms with Gasteiger partial charge in [-0.3, -0.25) is 0 Å². The van der Waals surface area contributed by atoms with Crippen LogP contribution in [-0.2, 0) is 4.74 Å². The number of carbonyl (C=O) groups is 2. The first-order valence-corrected chi connectivity index (χ1v) is 7.78. The van der Waals surface area contributed by atoms with E-state index in [1.54, 1.807) is 18.2 Å². The maximum absolute atomic E-state index is 11.9. The number of rotatable bonds is 5. The number of nitrogens with two attached hydrogens (primary N) is 1. The fourth-order valence-electron chi connectivity index (χ4n) is 2.60. The van der Waals surface area contributed by atoms with Crippen LogP contribution in [0.5, 0.6) is 0 Å². The predicted molar refractivity (Wildman–Crippen MR) is 94.8 cm³/mol. The first-order valence-electron chi connectivity index (χ1n) is 7.78. The van der Waals surface area contributed by atoms with Gasteiger partial charge in [-0.15, -0.1) is 0 Å². The number of nitrogens with zero attached hydrogens (tertiary/aromatic N) is 1. The minimum atomic E-state index is -0.755. The van der Waals surface area contributed by atoms with Gasteiger partial charge in [-0.1, -0.05) is 54.6 Å². The summed E-state index contributed by atoms with van der Waals surface area (Å²) in [6.07, 6.45) is 3.51. The van der Waals surface area contributed by atoms with Crippen LogP contribution in [0, 0.1) is 0 Å². The molecule has 126 valence electrons. The molecule has 6 nitrogen and oxygen atoms in total. The van der Waals surface area contributed by atoms with Crippen molar-refractivity contribution in [3.05, 3.63) is 77.4 Å². The number of urea groups is 1. The van der Waals surface area contributed by atoms with E-state index in [9.17, 15) is 9.59 Å². The summed E-state index contributed by atoms with van der Waals surface area (Å²) in [5, 5.41) is 4.01. The van der Waals surface area contributed by atoms with Gasteiger partial charge in [0, 0.05) is 12.0 Å². The maximum atomic E-state index is 11.9. The number of amides is 2. The third-order valence-corrected chi connectivity index (χ3v) is 3.75. The molecule has 3 N–H and O–H groups in total. The molecule has 0 aliphatic carbocycles. The molecule has 1 atom stereocenters. The number of allylic oxidation sites excluding steroid dienone is 1. The highest BCUT2D eigenvalue weighted by atomic mass is 16.5. The molecule has 0 fully saturated rings. The Morgan fingerprint density at radius 3 is 2.64 bits per heavy atom. The molecule has 0 bridgehead atoms. The van der Waals surface area contributed by atoms with Crippen LogP contribution in [0.3, 0.4) is 0 Å². The van der Waals surface area contributed by atoms with Crippen molar-refractivity contribution in [3.63, 3.8) is 0 Å². The van der Waals surface area contributed by atoms with Crippen LogP contribution >= 0.6 is 0 Å².